The predicted molar refractivity (Wildman–Crippen MR) is 128 cm³/mol. The van der Waals surface area contributed by atoms with Crippen molar-refractivity contribution in [2.24, 2.45) is 0 Å². The van der Waals surface area contributed by atoms with Crippen LogP contribution in [0, 0.1) is 5.82 Å². The third-order valence-electron chi connectivity index (χ3n) is 5.34. The Morgan fingerprint density at radius 1 is 1.26 bits per heavy atom. The Balaban J connectivity index is 1.75. The van der Waals surface area contributed by atoms with Gasteiger partial charge in [-0.15, -0.1) is 0 Å². The first-order chi connectivity index (χ1) is 16.6. The van der Waals surface area contributed by atoms with E-state index >= 15 is 0 Å². The molecule has 0 aromatic heterocycles. The lowest BCUT2D eigenvalue weighted by atomic mass is 10.0. The molecule has 0 spiro atoms. The Labute approximate surface area is 202 Å². The van der Waals surface area contributed by atoms with E-state index in [4.69, 9.17) is 9.94 Å². The van der Waals surface area contributed by atoms with Gasteiger partial charge in [0.2, 0.25) is 5.91 Å². The Kier molecular flexibility index (Phi) is 8.26. The zero-order chi connectivity index (χ0) is 25.6. The molecule has 0 saturated carbocycles. The zero-order valence-electron chi connectivity index (χ0n) is 19.2. The number of ether oxygens (including phenoxy) is 1. The fourth-order valence-corrected chi connectivity index (χ4v) is 4.94. The molecule has 1 aliphatic heterocycles. The summed E-state index contributed by atoms with van der Waals surface area (Å²) in [6, 6.07) is 10.1. The summed E-state index contributed by atoms with van der Waals surface area (Å²) in [7, 11) is -3.66. The van der Waals surface area contributed by atoms with Crippen LogP contribution in [-0.4, -0.2) is 50.6 Å². The summed E-state index contributed by atoms with van der Waals surface area (Å²) in [6.07, 6.45) is 3.11. The van der Waals surface area contributed by atoms with E-state index in [1.54, 1.807) is 19.1 Å². The number of nitrogens with one attached hydrogen (secondary N) is 2. The van der Waals surface area contributed by atoms with E-state index in [1.165, 1.54) is 60.5 Å². The van der Waals surface area contributed by atoms with Gasteiger partial charge in [-0.3, -0.25) is 20.4 Å². The number of hydrogen-bond acceptors (Lipinski definition) is 7. The second-order valence-corrected chi connectivity index (χ2v) is 9.82. The Bertz CT molecular complexity index is 1260. The summed E-state index contributed by atoms with van der Waals surface area (Å²) in [6.45, 7) is 3.38. The number of anilines is 1. The Hall–Kier alpha value is -3.70. The number of allylic oxidation sites excluding steroid dienone is 2. The van der Waals surface area contributed by atoms with E-state index in [1.807, 2.05) is 5.48 Å². The zero-order valence-corrected chi connectivity index (χ0v) is 20.0. The van der Waals surface area contributed by atoms with Gasteiger partial charge in [0.1, 0.15) is 11.9 Å². The smallest absolute Gasteiger partial charge is 0.414 e. The average molecular weight is 504 g/mol. The number of carbonyl (C=O) groups excluding carboxylic acids is 2. The van der Waals surface area contributed by atoms with Gasteiger partial charge in [-0.1, -0.05) is 18.2 Å². The molecule has 1 fully saturated rings. The summed E-state index contributed by atoms with van der Waals surface area (Å²) in [4.78, 5) is 24.6. The van der Waals surface area contributed by atoms with Crippen LogP contribution in [0.15, 0.2) is 71.3 Å². The number of carbonyl (C=O) groups is 2. The molecular formula is C24H26FN3O6S. The van der Waals surface area contributed by atoms with Crippen LogP contribution in [0.5, 0.6) is 0 Å². The molecule has 2 amide bonds. The molecule has 9 nitrogen and oxygen atoms in total. The van der Waals surface area contributed by atoms with Crippen molar-refractivity contribution < 1.29 is 32.3 Å². The maximum absolute atomic E-state index is 14.9. The van der Waals surface area contributed by atoms with Crippen LogP contribution in [0.3, 0.4) is 0 Å². The van der Waals surface area contributed by atoms with Crippen molar-refractivity contribution in [3.05, 3.63) is 72.2 Å². The molecule has 0 bridgehead atoms. The maximum atomic E-state index is 14.9. The minimum Gasteiger partial charge on any atom is -0.442 e. The molecule has 35 heavy (non-hydrogen) atoms. The predicted octanol–water partition coefficient (Wildman–Crippen LogP) is 3.17. The van der Waals surface area contributed by atoms with Crippen LogP contribution in [0.1, 0.15) is 13.8 Å². The van der Waals surface area contributed by atoms with E-state index in [-0.39, 0.29) is 35.2 Å². The van der Waals surface area contributed by atoms with Gasteiger partial charge in [-0.05, 0) is 54.5 Å². The number of sulfone groups is 1. The van der Waals surface area contributed by atoms with Crippen molar-refractivity contribution in [3.8, 4) is 11.1 Å². The van der Waals surface area contributed by atoms with Crippen LogP contribution in [0.4, 0.5) is 14.9 Å². The second-order valence-electron chi connectivity index (χ2n) is 7.83. The lowest BCUT2D eigenvalue weighted by Crippen LogP contribution is -2.33. The molecule has 2 aromatic rings. The van der Waals surface area contributed by atoms with Crippen LogP contribution < -0.4 is 15.7 Å². The Morgan fingerprint density at radius 3 is 2.57 bits per heavy atom. The van der Waals surface area contributed by atoms with Crippen molar-refractivity contribution in [1.82, 2.24) is 10.8 Å². The highest BCUT2D eigenvalue weighted by Gasteiger charge is 2.32. The van der Waals surface area contributed by atoms with Crippen LogP contribution in [-0.2, 0) is 19.4 Å². The van der Waals surface area contributed by atoms with Crippen LogP contribution in [0.25, 0.3) is 11.1 Å². The summed E-state index contributed by atoms with van der Waals surface area (Å²) >= 11 is 0. The third kappa shape index (κ3) is 6.46. The number of nitrogens with zero attached hydrogens (tertiary/aromatic N) is 1. The van der Waals surface area contributed by atoms with Gasteiger partial charge in [0.15, 0.2) is 9.84 Å². The standard InChI is InChI=1S/C24H26FN3O6S/c1-3-17(10-11-27-31)15-35(32,33)21-7-4-18(5-8-21)22-9-6-19(12-23(22)25)28-14-20(34-24(28)30)13-26-16(2)29/h3-12,20,27,31H,13-15H2,1-2H3,(H,26,29)/b11-10-,17-3+/t20-/m0/s1. The highest BCUT2D eigenvalue weighted by atomic mass is 32.2. The Morgan fingerprint density at radius 2 is 1.97 bits per heavy atom. The molecule has 0 radical (unpaired) electrons. The molecular weight excluding hydrogens is 477 g/mol. The summed E-state index contributed by atoms with van der Waals surface area (Å²) in [5, 5.41) is 11.2. The number of hydroxylamine groups is 1. The van der Waals surface area contributed by atoms with E-state index in [0.717, 1.165) is 0 Å². The van der Waals surface area contributed by atoms with Crippen LogP contribution >= 0.6 is 0 Å². The molecule has 2 aromatic carbocycles. The summed E-state index contributed by atoms with van der Waals surface area (Å²) in [5.74, 6) is -1.10. The average Bonchev–Trinajstić information content (AvgIpc) is 3.21. The van der Waals surface area contributed by atoms with Crippen molar-refractivity contribution in [2.45, 2.75) is 24.8 Å². The highest BCUT2D eigenvalue weighted by Crippen LogP contribution is 2.30. The quantitative estimate of drug-likeness (QED) is 0.355. The van der Waals surface area contributed by atoms with Crippen molar-refractivity contribution in [3.63, 3.8) is 0 Å². The molecule has 0 unspecified atom stereocenters. The third-order valence-corrected chi connectivity index (χ3v) is 7.04. The lowest BCUT2D eigenvalue weighted by Gasteiger charge is -2.15. The number of cyclic esters (lactones) is 1. The second kappa shape index (κ2) is 11.2. The SMILES string of the molecule is C/C=C(\C=C/NO)CS(=O)(=O)c1ccc(-c2ccc(N3C[C@H](CNC(C)=O)OC3=O)cc2F)cc1. The minimum atomic E-state index is -3.66. The number of hydrogen-bond donors (Lipinski definition) is 3. The lowest BCUT2D eigenvalue weighted by molar-refractivity contribution is -0.119. The van der Waals surface area contributed by atoms with Gasteiger partial charge in [-0.25, -0.2) is 17.6 Å². The van der Waals surface area contributed by atoms with Crippen molar-refractivity contribution in [1.29, 1.82) is 0 Å². The van der Waals surface area contributed by atoms with Gasteiger partial charge in [0, 0.05) is 18.7 Å². The largest absolute Gasteiger partial charge is 0.442 e. The van der Waals surface area contributed by atoms with Gasteiger partial charge in [0.25, 0.3) is 0 Å². The molecule has 1 saturated heterocycles. The van der Waals surface area contributed by atoms with Crippen molar-refractivity contribution >= 4 is 27.5 Å². The summed E-state index contributed by atoms with van der Waals surface area (Å²) < 4.78 is 45.6. The minimum absolute atomic E-state index is 0.0769. The molecule has 1 atom stereocenters. The molecule has 0 aliphatic carbocycles. The topological polar surface area (TPSA) is 125 Å². The monoisotopic (exact) mass is 503 g/mol. The molecule has 186 valence electrons. The van der Waals surface area contributed by atoms with E-state index in [0.29, 0.717) is 16.8 Å². The number of benzene rings is 2. The molecule has 1 aliphatic rings. The fraction of sp³-hybridized carbons (Fsp3) is 0.250. The molecule has 3 rings (SSSR count). The first-order valence-electron chi connectivity index (χ1n) is 10.7. The normalized spacial score (nSPS) is 16.5. The first-order valence-corrected chi connectivity index (χ1v) is 12.4. The van der Waals surface area contributed by atoms with Gasteiger partial charge in [0.05, 0.1) is 29.4 Å². The van der Waals surface area contributed by atoms with Gasteiger partial charge >= 0.3 is 6.09 Å². The number of amides is 2. The van der Waals surface area contributed by atoms with Crippen molar-refractivity contribution in [2.75, 3.05) is 23.7 Å². The highest BCUT2D eigenvalue weighted by molar-refractivity contribution is 7.91. The molecule has 11 heteroatoms. The van der Waals surface area contributed by atoms with E-state index in [2.05, 4.69) is 5.32 Å². The van der Waals surface area contributed by atoms with E-state index < -0.39 is 27.9 Å². The fourth-order valence-electron chi connectivity index (χ4n) is 3.52. The first kappa shape index (κ1) is 25.9. The van der Waals surface area contributed by atoms with Crippen LogP contribution in [0.2, 0.25) is 0 Å². The number of rotatable bonds is 9. The molecule has 3 N–H and O–H groups in total. The van der Waals surface area contributed by atoms with Gasteiger partial charge in [-0.2, -0.15) is 0 Å². The summed E-state index contributed by atoms with van der Waals surface area (Å²) in [5.41, 5.74) is 3.33. The van der Waals surface area contributed by atoms with E-state index in [9.17, 15) is 22.4 Å². The number of halogens is 1. The maximum Gasteiger partial charge on any atom is 0.414 e. The molecule has 1 heterocycles. The van der Waals surface area contributed by atoms with Gasteiger partial charge < -0.3 is 10.1 Å².